The highest BCUT2D eigenvalue weighted by atomic mass is 32.1. The molecule has 0 bridgehead atoms. The third kappa shape index (κ3) is 5.47. The summed E-state index contributed by atoms with van der Waals surface area (Å²) in [4.78, 5) is 30.2. The van der Waals surface area contributed by atoms with Gasteiger partial charge in [0.2, 0.25) is 5.91 Å². The van der Waals surface area contributed by atoms with E-state index in [4.69, 9.17) is 12.2 Å². The fraction of sp³-hybridized carbons (Fsp3) is 0.591. The van der Waals surface area contributed by atoms with Crippen molar-refractivity contribution in [1.29, 1.82) is 0 Å². The molecule has 7 heteroatoms. The molecule has 1 aromatic rings. The number of likely N-dealkylation sites (tertiary alicyclic amines) is 2. The average Bonchev–Trinajstić information content (AvgIpc) is 3.27. The zero-order valence-corrected chi connectivity index (χ0v) is 18.3. The predicted molar refractivity (Wildman–Crippen MR) is 119 cm³/mol. The molecule has 0 spiro atoms. The first kappa shape index (κ1) is 21.6. The van der Waals surface area contributed by atoms with Crippen LogP contribution in [-0.2, 0) is 4.79 Å². The SMILES string of the molecule is CCNC(=S)N1CCC([C@@H](NC(=O)c2ccc(C)cc2)C(=O)N2CCCC2)CC1. The van der Waals surface area contributed by atoms with Crippen molar-refractivity contribution < 1.29 is 9.59 Å². The number of amides is 2. The maximum atomic E-state index is 13.2. The number of hydrogen-bond donors (Lipinski definition) is 2. The van der Waals surface area contributed by atoms with Crippen LogP contribution in [0.1, 0.15) is 48.5 Å². The van der Waals surface area contributed by atoms with Crippen LogP contribution >= 0.6 is 12.2 Å². The van der Waals surface area contributed by atoms with Crippen LogP contribution in [0.2, 0.25) is 0 Å². The summed E-state index contributed by atoms with van der Waals surface area (Å²) < 4.78 is 0. The quantitative estimate of drug-likeness (QED) is 0.722. The Morgan fingerprint density at radius 3 is 2.28 bits per heavy atom. The van der Waals surface area contributed by atoms with E-state index in [1.807, 2.05) is 43.0 Å². The number of nitrogens with one attached hydrogen (secondary N) is 2. The maximum Gasteiger partial charge on any atom is 0.251 e. The van der Waals surface area contributed by atoms with E-state index in [1.165, 1.54) is 0 Å². The van der Waals surface area contributed by atoms with Crippen LogP contribution in [0.4, 0.5) is 0 Å². The van der Waals surface area contributed by atoms with Gasteiger partial charge in [0, 0.05) is 38.3 Å². The number of thiocarbonyl (C=S) groups is 1. The molecule has 0 saturated carbocycles. The van der Waals surface area contributed by atoms with Crippen molar-refractivity contribution in [3.63, 3.8) is 0 Å². The van der Waals surface area contributed by atoms with Crippen molar-refractivity contribution in [1.82, 2.24) is 20.4 Å². The first-order valence-corrected chi connectivity index (χ1v) is 11.1. The van der Waals surface area contributed by atoms with E-state index in [2.05, 4.69) is 15.5 Å². The van der Waals surface area contributed by atoms with Crippen LogP contribution in [0.3, 0.4) is 0 Å². The molecule has 2 saturated heterocycles. The summed E-state index contributed by atoms with van der Waals surface area (Å²) in [6.07, 6.45) is 3.76. The van der Waals surface area contributed by atoms with E-state index in [1.54, 1.807) is 0 Å². The Balaban J connectivity index is 1.70. The van der Waals surface area contributed by atoms with Gasteiger partial charge in [-0.25, -0.2) is 0 Å². The Kier molecular flexibility index (Phi) is 7.47. The second-order valence-corrected chi connectivity index (χ2v) is 8.40. The van der Waals surface area contributed by atoms with Crippen molar-refractivity contribution in [2.45, 2.75) is 45.6 Å². The normalized spacial score (nSPS) is 18.4. The van der Waals surface area contributed by atoms with Crippen molar-refractivity contribution in [2.24, 2.45) is 5.92 Å². The molecule has 158 valence electrons. The second-order valence-electron chi connectivity index (χ2n) is 8.01. The lowest BCUT2D eigenvalue weighted by atomic mass is 9.88. The van der Waals surface area contributed by atoms with Crippen molar-refractivity contribution >= 4 is 29.1 Å². The van der Waals surface area contributed by atoms with Gasteiger partial charge in [-0.05, 0) is 69.8 Å². The molecule has 2 aliphatic rings. The standard InChI is InChI=1S/C22H32N4O2S/c1-3-23-22(29)26-14-10-17(11-15-26)19(21(28)25-12-4-5-13-25)24-20(27)18-8-6-16(2)7-9-18/h6-9,17,19H,3-5,10-15H2,1-2H3,(H,23,29)(H,24,27)/t19-/m1/s1. The number of carbonyl (C=O) groups is 2. The number of rotatable bonds is 5. The van der Waals surface area contributed by atoms with Gasteiger partial charge in [0.15, 0.2) is 5.11 Å². The van der Waals surface area contributed by atoms with Crippen LogP contribution in [0.25, 0.3) is 0 Å². The highest BCUT2D eigenvalue weighted by Crippen LogP contribution is 2.24. The summed E-state index contributed by atoms with van der Waals surface area (Å²) in [7, 11) is 0. The Labute approximate surface area is 179 Å². The molecule has 2 N–H and O–H groups in total. The van der Waals surface area contributed by atoms with E-state index in [-0.39, 0.29) is 17.7 Å². The first-order chi connectivity index (χ1) is 14.0. The molecule has 0 unspecified atom stereocenters. The minimum Gasteiger partial charge on any atom is -0.363 e. The maximum absolute atomic E-state index is 13.2. The van der Waals surface area contributed by atoms with Gasteiger partial charge in [-0.2, -0.15) is 0 Å². The molecule has 2 amide bonds. The lowest BCUT2D eigenvalue weighted by Gasteiger charge is -2.38. The smallest absolute Gasteiger partial charge is 0.251 e. The summed E-state index contributed by atoms with van der Waals surface area (Å²) in [5, 5.41) is 7.04. The summed E-state index contributed by atoms with van der Waals surface area (Å²) in [6, 6.07) is 7.01. The van der Waals surface area contributed by atoms with Crippen LogP contribution in [0.15, 0.2) is 24.3 Å². The molecule has 29 heavy (non-hydrogen) atoms. The number of hydrogen-bond acceptors (Lipinski definition) is 3. The van der Waals surface area contributed by atoms with Crippen LogP contribution in [0.5, 0.6) is 0 Å². The summed E-state index contributed by atoms with van der Waals surface area (Å²) in [5.74, 6) is 0.0157. The third-order valence-corrected chi connectivity index (χ3v) is 6.31. The van der Waals surface area contributed by atoms with E-state index in [9.17, 15) is 9.59 Å². The molecule has 0 radical (unpaired) electrons. The lowest BCUT2D eigenvalue weighted by molar-refractivity contribution is -0.134. The van der Waals surface area contributed by atoms with Gasteiger partial charge in [-0.3, -0.25) is 9.59 Å². The van der Waals surface area contributed by atoms with Crippen molar-refractivity contribution in [3.8, 4) is 0 Å². The van der Waals surface area contributed by atoms with E-state index in [0.717, 1.165) is 69.1 Å². The summed E-state index contributed by atoms with van der Waals surface area (Å²) >= 11 is 5.43. The van der Waals surface area contributed by atoms with Gasteiger partial charge in [-0.1, -0.05) is 17.7 Å². The molecule has 2 fully saturated rings. The fourth-order valence-corrected chi connectivity index (χ4v) is 4.47. The largest absolute Gasteiger partial charge is 0.363 e. The van der Waals surface area contributed by atoms with Gasteiger partial charge < -0.3 is 20.4 Å². The molecular weight excluding hydrogens is 384 g/mol. The zero-order valence-electron chi connectivity index (χ0n) is 17.4. The third-order valence-electron chi connectivity index (χ3n) is 5.91. The fourth-order valence-electron chi connectivity index (χ4n) is 4.14. The summed E-state index contributed by atoms with van der Waals surface area (Å²) in [5.41, 5.74) is 1.70. The lowest BCUT2D eigenvalue weighted by Crippen LogP contribution is -2.55. The number of nitrogens with zero attached hydrogens (tertiary/aromatic N) is 2. The molecule has 2 aliphatic heterocycles. The van der Waals surface area contributed by atoms with Gasteiger partial charge in [0.25, 0.3) is 5.91 Å². The van der Waals surface area contributed by atoms with Crippen LogP contribution < -0.4 is 10.6 Å². The first-order valence-electron chi connectivity index (χ1n) is 10.7. The average molecular weight is 417 g/mol. The number of piperidine rings is 1. The number of benzene rings is 1. The molecule has 0 aromatic heterocycles. The Morgan fingerprint density at radius 1 is 1.07 bits per heavy atom. The highest BCUT2D eigenvalue weighted by Gasteiger charge is 2.36. The Morgan fingerprint density at radius 2 is 1.69 bits per heavy atom. The molecule has 2 heterocycles. The molecule has 1 aromatic carbocycles. The van der Waals surface area contributed by atoms with E-state index in [0.29, 0.717) is 5.56 Å². The van der Waals surface area contributed by atoms with Crippen molar-refractivity contribution in [2.75, 3.05) is 32.7 Å². The van der Waals surface area contributed by atoms with Crippen LogP contribution in [0, 0.1) is 12.8 Å². The molecule has 3 rings (SSSR count). The van der Waals surface area contributed by atoms with E-state index >= 15 is 0 Å². The Hall–Kier alpha value is -2.15. The molecular formula is C22H32N4O2S. The van der Waals surface area contributed by atoms with E-state index < -0.39 is 6.04 Å². The van der Waals surface area contributed by atoms with Crippen molar-refractivity contribution in [3.05, 3.63) is 35.4 Å². The molecule has 0 aliphatic carbocycles. The molecule has 1 atom stereocenters. The second kappa shape index (κ2) is 10.1. The molecule has 6 nitrogen and oxygen atoms in total. The van der Waals surface area contributed by atoms with Gasteiger partial charge in [0.1, 0.15) is 6.04 Å². The summed E-state index contributed by atoms with van der Waals surface area (Å²) in [6.45, 7) is 8.03. The predicted octanol–water partition coefficient (Wildman–Crippen LogP) is 2.32. The topological polar surface area (TPSA) is 64.7 Å². The van der Waals surface area contributed by atoms with Crippen LogP contribution in [-0.4, -0.2) is 65.5 Å². The van der Waals surface area contributed by atoms with Gasteiger partial charge in [0.05, 0.1) is 0 Å². The minimum atomic E-state index is -0.475. The highest BCUT2D eigenvalue weighted by molar-refractivity contribution is 7.80. The van der Waals surface area contributed by atoms with Gasteiger partial charge in [-0.15, -0.1) is 0 Å². The van der Waals surface area contributed by atoms with Gasteiger partial charge >= 0.3 is 0 Å². The monoisotopic (exact) mass is 416 g/mol. The number of aryl methyl sites for hydroxylation is 1. The minimum absolute atomic E-state index is 0.0654. The zero-order chi connectivity index (χ0) is 20.8. The Bertz CT molecular complexity index is 723. The number of carbonyl (C=O) groups excluding carboxylic acids is 2.